The maximum Gasteiger partial charge on any atom is 0.307 e. The fourth-order valence-electron chi connectivity index (χ4n) is 2.77. The Kier molecular flexibility index (Phi) is 6.42. The SMILES string of the molecule is O=C(O)Cc1ccc(CC=Cc2ccccc2OCc2ccccc2)cc1. The third kappa shape index (κ3) is 5.86. The number of hydrogen-bond donors (Lipinski definition) is 1. The van der Waals surface area contributed by atoms with Gasteiger partial charge < -0.3 is 9.84 Å². The number of rotatable bonds is 8. The predicted molar refractivity (Wildman–Crippen MR) is 108 cm³/mol. The van der Waals surface area contributed by atoms with Crippen molar-refractivity contribution in [2.75, 3.05) is 0 Å². The van der Waals surface area contributed by atoms with Gasteiger partial charge in [0, 0.05) is 5.56 Å². The van der Waals surface area contributed by atoms with Crippen molar-refractivity contribution < 1.29 is 14.6 Å². The third-order valence-electron chi connectivity index (χ3n) is 4.19. The maximum absolute atomic E-state index is 10.7. The molecular weight excluding hydrogens is 336 g/mol. The largest absolute Gasteiger partial charge is 0.488 e. The van der Waals surface area contributed by atoms with E-state index in [1.807, 2.05) is 78.9 Å². The average molecular weight is 358 g/mol. The van der Waals surface area contributed by atoms with Crippen LogP contribution in [0.5, 0.6) is 5.75 Å². The molecule has 3 rings (SSSR count). The summed E-state index contributed by atoms with van der Waals surface area (Å²) in [5.41, 5.74) is 4.13. The number of aliphatic carboxylic acids is 1. The van der Waals surface area contributed by atoms with E-state index in [0.29, 0.717) is 6.61 Å². The van der Waals surface area contributed by atoms with Crippen LogP contribution in [0.3, 0.4) is 0 Å². The molecule has 1 N–H and O–H groups in total. The second-order valence-electron chi connectivity index (χ2n) is 6.31. The third-order valence-corrected chi connectivity index (χ3v) is 4.19. The van der Waals surface area contributed by atoms with Gasteiger partial charge in [0.2, 0.25) is 0 Å². The zero-order chi connectivity index (χ0) is 18.9. The van der Waals surface area contributed by atoms with Gasteiger partial charge in [-0.15, -0.1) is 0 Å². The topological polar surface area (TPSA) is 46.5 Å². The van der Waals surface area contributed by atoms with Crippen LogP contribution in [0.1, 0.15) is 22.3 Å². The molecule has 0 amide bonds. The molecule has 136 valence electrons. The van der Waals surface area contributed by atoms with Crippen LogP contribution in [0.4, 0.5) is 0 Å². The van der Waals surface area contributed by atoms with E-state index < -0.39 is 5.97 Å². The number of carboxylic acid groups (broad SMARTS) is 1. The first-order valence-corrected chi connectivity index (χ1v) is 8.92. The number of carbonyl (C=O) groups is 1. The molecule has 0 atom stereocenters. The predicted octanol–water partition coefficient (Wildman–Crippen LogP) is 5.15. The monoisotopic (exact) mass is 358 g/mol. The minimum absolute atomic E-state index is 0.0578. The highest BCUT2D eigenvalue weighted by Crippen LogP contribution is 2.21. The lowest BCUT2D eigenvalue weighted by atomic mass is 10.1. The van der Waals surface area contributed by atoms with Gasteiger partial charge in [0.15, 0.2) is 0 Å². The molecule has 0 fully saturated rings. The lowest BCUT2D eigenvalue weighted by Crippen LogP contribution is -1.99. The standard InChI is InChI=1S/C24H22O3/c25-24(26)17-20-15-13-19(14-16-20)9-6-11-22-10-4-5-12-23(22)27-18-21-7-2-1-3-8-21/h1-8,10-16H,9,17-18H2,(H,25,26). The Morgan fingerprint density at radius 2 is 1.48 bits per heavy atom. The van der Waals surface area contributed by atoms with Crippen LogP contribution in [0.15, 0.2) is 84.9 Å². The number of benzene rings is 3. The van der Waals surface area contributed by atoms with Gasteiger partial charge in [-0.05, 0) is 29.2 Å². The van der Waals surface area contributed by atoms with E-state index in [1.165, 1.54) is 0 Å². The molecule has 0 unspecified atom stereocenters. The zero-order valence-corrected chi connectivity index (χ0v) is 15.0. The van der Waals surface area contributed by atoms with E-state index >= 15 is 0 Å². The van der Waals surface area contributed by atoms with Crippen molar-refractivity contribution in [1.29, 1.82) is 0 Å². The highest BCUT2D eigenvalue weighted by atomic mass is 16.5. The molecule has 0 saturated carbocycles. The molecule has 27 heavy (non-hydrogen) atoms. The van der Waals surface area contributed by atoms with E-state index in [2.05, 4.69) is 12.2 Å². The number of hydrogen-bond acceptors (Lipinski definition) is 2. The number of para-hydroxylation sites is 1. The van der Waals surface area contributed by atoms with Crippen LogP contribution in [-0.2, 0) is 24.2 Å². The Morgan fingerprint density at radius 1 is 0.815 bits per heavy atom. The molecule has 3 aromatic carbocycles. The summed E-state index contributed by atoms with van der Waals surface area (Å²) in [5, 5.41) is 8.82. The van der Waals surface area contributed by atoms with Crippen molar-refractivity contribution in [3.05, 3.63) is 107 Å². The average Bonchev–Trinajstić information content (AvgIpc) is 2.69. The molecule has 0 radical (unpaired) electrons. The van der Waals surface area contributed by atoms with Crippen molar-refractivity contribution in [2.24, 2.45) is 0 Å². The summed E-state index contributed by atoms with van der Waals surface area (Å²) in [6.45, 7) is 0.538. The summed E-state index contributed by atoms with van der Waals surface area (Å²) in [7, 11) is 0. The lowest BCUT2D eigenvalue weighted by Gasteiger charge is -2.09. The molecule has 3 nitrogen and oxygen atoms in total. The normalized spacial score (nSPS) is 10.8. The minimum Gasteiger partial charge on any atom is -0.488 e. The Hall–Kier alpha value is -3.33. The molecule has 0 aliphatic rings. The van der Waals surface area contributed by atoms with E-state index in [1.54, 1.807) is 0 Å². The summed E-state index contributed by atoms with van der Waals surface area (Å²) < 4.78 is 5.97. The fourth-order valence-corrected chi connectivity index (χ4v) is 2.77. The smallest absolute Gasteiger partial charge is 0.307 e. The highest BCUT2D eigenvalue weighted by Gasteiger charge is 2.02. The summed E-state index contributed by atoms with van der Waals surface area (Å²) in [6.07, 6.45) is 4.99. The molecule has 3 heteroatoms. The molecule has 0 saturated heterocycles. The Bertz CT molecular complexity index is 896. The molecule has 0 aliphatic heterocycles. The summed E-state index contributed by atoms with van der Waals surface area (Å²) in [6, 6.07) is 25.8. The molecule has 0 bridgehead atoms. The van der Waals surface area contributed by atoms with E-state index in [-0.39, 0.29) is 6.42 Å². The number of carboxylic acids is 1. The first kappa shape index (κ1) is 18.5. The van der Waals surface area contributed by atoms with Gasteiger partial charge in [-0.2, -0.15) is 0 Å². The van der Waals surface area contributed by atoms with Gasteiger partial charge in [0.05, 0.1) is 6.42 Å². The quantitative estimate of drug-likeness (QED) is 0.606. The Morgan fingerprint density at radius 3 is 2.22 bits per heavy atom. The molecule has 0 aliphatic carbocycles. The van der Waals surface area contributed by atoms with Crippen LogP contribution in [0, 0.1) is 0 Å². The van der Waals surface area contributed by atoms with Crippen molar-refractivity contribution in [3.8, 4) is 5.75 Å². The van der Waals surface area contributed by atoms with Crippen molar-refractivity contribution in [2.45, 2.75) is 19.4 Å². The van der Waals surface area contributed by atoms with E-state index in [9.17, 15) is 4.79 Å². The first-order valence-electron chi connectivity index (χ1n) is 8.92. The van der Waals surface area contributed by atoms with Gasteiger partial charge in [-0.3, -0.25) is 4.79 Å². The number of ether oxygens (including phenoxy) is 1. The van der Waals surface area contributed by atoms with Gasteiger partial charge in [0.1, 0.15) is 12.4 Å². The van der Waals surface area contributed by atoms with Crippen molar-refractivity contribution >= 4 is 12.0 Å². The molecular formula is C24H22O3. The Labute approximate surface area is 159 Å². The van der Waals surface area contributed by atoms with Gasteiger partial charge in [-0.25, -0.2) is 0 Å². The first-order chi connectivity index (χ1) is 13.2. The van der Waals surface area contributed by atoms with Crippen LogP contribution in [0.25, 0.3) is 6.08 Å². The zero-order valence-electron chi connectivity index (χ0n) is 15.0. The minimum atomic E-state index is -0.810. The van der Waals surface area contributed by atoms with E-state index in [0.717, 1.165) is 34.4 Å². The lowest BCUT2D eigenvalue weighted by molar-refractivity contribution is -0.136. The van der Waals surface area contributed by atoms with E-state index in [4.69, 9.17) is 9.84 Å². The van der Waals surface area contributed by atoms with Crippen LogP contribution in [0.2, 0.25) is 0 Å². The Balaban J connectivity index is 1.61. The van der Waals surface area contributed by atoms with Crippen molar-refractivity contribution in [1.82, 2.24) is 0 Å². The number of allylic oxidation sites excluding steroid dienone is 1. The second kappa shape index (κ2) is 9.39. The molecule has 3 aromatic rings. The molecule has 0 heterocycles. The van der Waals surface area contributed by atoms with Gasteiger partial charge >= 0.3 is 5.97 Å². The highest BCUT2D eigenvalue weighted by molar-refractivity contribution is 5.70. The van der Waals surface area contributed by atoms with Crippen molar-refractivity contribution in [3.63, 3.8) is 0 Å². The van der Waals surface area contributed by atoms with Crippen LogP contribution >= 0.6 is 0 Å². The van der Waals surface area contributed by atoms with Crippen LogP contribution < -0.4 is 4.74 Å². The van der Waals surface area contributed by atoms with Gasteiger partial charge in [-0.1, -0.05) is 84.9 Å². The summed E-state index contributed by atoms with van der Waals surface area (Å²) in [4.78, 5) is 10.7. The molecule has 0 aromatic heterocycles. The second-order valence-corrected chi connectivity index (χ2v) is 6.31. The summed E-state index contributed by atoms with van der Waals surface area (Å²) in [5.74, 6) is 0.0455. The molecule has 0 spiro atoms. The van der Waals surface area contributed by atoms with Gasteiger partial charge in [0.25, 0.3) is 0 Å². The maximum atomic E-state index is 10.7. The summed E-state index contributed by atoms with van der Waals surface area (Å²) >= 11 is 0. The van der Waals surface area contributed by atoms with Crippen LogP contribution in [-0.4, -0.2) is 11.1 Å². The fraction of sp³-hybridized carbons (Fsp3) is 0.125.